The summed E-state index contributed by atoms with van der Waals surface area (Å²) in [5.74, 6) is 0. The summed E-state index contributed by atoms with van der Waals surface area (Å²) in [7, 11) is 0. The van der Waals surface area contributed by atoms with Crippen LogP contribution in [0.3, 0.4) is 0 Å². The zero-order chi connectivity index (χ0) is 12.4. The lowest BCUT2D eigenvalue weighted by molar-refractivity contribution is 1.07. The first-order valence-electron chi connectivity index (χ1n) is 5.37. The van der Waals surface area contributed by atoms with Gasteiger partial charge in [-0.15, -0.1) is 0 Å². The molecule has 0 bridgehead atoms. The standard InChI is InChI=1S/C14H13Cl2N/c1-9-5-6-10(8-17)12(7-9)11-3-2-4-13(15)14(11)16/h2-7H,8,17H2,1H3. The molecule has 2 N–H and O–H groups in total. The fraction of sp³-hybridized carbons (Fsp3) is 0.143. The predicted molar refractivity (Wildman–Crippen MR) is 74.5 cm³/mol. The van der Waals surface area contributed by atoms with Crippen LogP contribution in [0.5, 0.6) is 0 Å². The van der Waals surface area contributed by atoms with Crippen molar-refractivity contribution in [3.05, 3.63) is 57.6 Å². The monoisotopic (exact) mass is 265 g/mol. The molecule has 0 aliphatic carbocycles. The molecular formula is C14H13Cl2N. The minimum Gasteiger partial charge on any atom is -0.326 e. The number of hydrogen-bond acceptors (Lipinski definition) is 1. The third-order valence-corrected chi connectivity index (χ3v) is 3.55. The van der Waals surface area contributed by atoms with Gasteiger partial charge in [-0.25, -0.2) is 0 Å². The highest BCUT2D eigenvalue weighted by Gasteiger charge is 2.10. The van der Waals surface area contributed by atoms with Gasteiger partial charge in [-0.2, -0.15) is 0 Å². The molecule has 0 saturated heterocycles. The molecule has 17 heavy (non-hydrogen) atoms. The average molecular weight is 266 g/mol. The second-order valence-corrected chi connectivity index (χ2v) is 4.75. The van der Waals surface area contributed by atoms with Gasteiger partial charge in [0.1, 0.15) is 0 Å². The molecule has 2 aromatic rings. The lowest BCUT2D eigenvalue weighted by atomic mass is 9.97. The maximum Gasteiger partial charge on any atom is 0.0670 e. The molecule has 0 saturated carbocycles. The van der Waals surface area contributed by atoms with Gasteiger partial charge in [-0.05, 0) is 24.1 Å². The zero-order valence-electron chi connectivity index (χ0n) is 9.50. The normalized spacial score (nSPS) is 10.6. The van der Waals surface area contributed by atoms with Gasteiger partial charge < -0.3 is 5.73 Å². The third-order valence-electron chi connectivity index (χ3n) is 2.73. The van der Waals surface area contributed by atoms with E-state index in [1.54, 1.807) is 6.07 Å². The Bertz CT molecular complexity index is 550. The lowest BCUT2D eigenvalue weighted by Gasteiger charge is -2.11. The molecule has 2 aromatic carbocycles. The van der Waals surface area contributed by atoms with Crippen LogP contribution in [0.1, 0.15) is 11.1 Å². The maximum atomic E-state index is 6.24. The van der Waals surface area contributed by atoms with Crippen molar-refractivity contribution in [3.8, 4) is 11.1 Å². The molecule has 0 aliphatic heterocycles. The summed E-state index contributed by atoms with van der Waals surface area (Å²) in [4.78, 5) is 0. The third kappa shape index (κ3) is 2.47. The van der Waals surface area contributed by atoms with E-state index in [4.69, 9.17) is 28.9 Å². The minimum absolute atomic E-state index is 0.485. The summed E-state index contributed by atoms with van der Waals surface area (Å²) in [6, 6.07) is 11.8. The summed E-state index contributed by atoms with van der Waals surface area (Å²) in [6.45, 7) is 2.53. The lowest BCUT2D eigenvalue weighted by Crippen LogP contribution is -1.99. The predicted octanol–water partition coefficient (Wildman–Crippen LogP) is 4.43. The van der Waals surface area contributed by atoms with E-state index in [0.29, 0.717) is 16.6 Å². The number of hydrogen-bond donors (Lipinski definition) is 1. The Morgan fingerprint density at radius 3 is 2.53 bits per heavy atom. The van der Waals surface area contributed by atoms with Crippen LogP contribution in [0.25, 0.3) is 11.1 Å². The van der Waals surface area contributed by atoms with Crippen LogP contribution in [-0.4, -0.2) is 0 Å². The summed E-state index contributed by atoms with van der Waals surface area (Å²) in [5.41, 5.74) is 9.98. The van der Waals surface area contributed by atoms with E-state index in [9.17, 15) is 0 Å². The fourth-order valence-corrected chi connectivity index (χ4v) is 2.23. The Balaban J connectivity index is 2.67. The van der Waals surface area contributed by atoms with Crippen molar-refractivity contribution in [1.29, 1.82) is 0 Å². The van der Waals surface area contributed by atoms with E-state index in [2.05, 4.69) is 6.07 Å². The molecule has 0 aliphatic rings. The number of halogens is 2. The second kappa shape index (κ2) is 5.09. The molecule has 0 spiro atoms. The molecule has 0 heterocycles. The van der Waals surface area contributed by atoms with Gasteiger partial charge in [-0.1, -0.05) is 59.1 Å². The molecule has 3 heteroatoms. The molecular weight excluding hydrogens is 253 g/mol. The largest absolute Gasteiger partial charge is 0.326 e. The SMILES string of the molecule is Cc1ccc(CN)c(-c2cccc(Cl)c2Cl)c1. The van der Waals surface area contributed by atoms with Gasteiger partial charge in [0.05, 0.1) is 10.0 Å². The minimum atomic E-state index is 0.485. The van der Waals surface area contributed by atoms with E-state index in [1.165, 1.54) is 5.56 Å². The Hall–Kier alpha value is -1.02. The van der Waals surface area contributed by atoms with Crippen LogP contribution < -0.4 is 5.73 Å². The Labute approximate surface area is 111 Å². The van der Waals surface area contributed by atoms with Gasteiger partial charge in [0, 0.05) is 12.1 Å². The van der Waals surface area contributed by atoms with Crippen molar-refractivity contribution in [3.63, 3.8) is 0 Å². The van der Waals surface area contributed by atoms with Crippen LogP contribution in [0.4, 0.5) is 0 Å². The van der Waals surface area contributed by atoms with Gasteiger partial charge >= 0.3 is 0 Å². The summed E-state index contributed by atoms with van der Waals surface area (Å²) >= 11 is 12.3. The Morgan fingerprint density at radius 1 is 1.06 bits per heavy atom. The van der Waals surface area contributed by atoms with Gasteiger partial charge in [-0.3, -0.25) is 0 Å². The quantitative estimate of drug-likeness (QED) is 0.855. The molecule has 0 amide bonds. The first-order chi connectivity index (χ1) is 8.13. The molecule has 0 fully saturated rings. The summed E-state index contributed by atoms with van der Waals surface area (Å²) in [5, 5.41) is 1.14. The van der Waals surface area contributed by atoms with E-state index in [0.717, 1.165) is 16.7 Å². The molecule has 0 atom stereocenters. The van der Waals surface area contributed by atoms with Crippen molar-refractivity contribution in [2.75, 3.05) is 0 Å². The van der Waals surface area contributed by atoms with Gasteiger partial charge in [0.2, 0.25) is 0 Å². The van der Waals surface area contributed by atoms with E-state index in [1.807, 2.05) is 31.2 Å². The number of aryl methyl sites for hydroxylation is 1. The first kappa shape index (κ1) is 12.4. The summed E-state index contributed by atoms with van der Waals surface area (Å²) in [6.07, 6.45) is 0. The Kier molecular flexibility index (Phi) is 3.72. The van der Waals surface area contributed by atoms with E-state index >= 15 is 0 Å². The Morgan fingerprint density at radius 2 is 1.82 bits per heavy atom. The molecule has 0 aromatic heterocycles. The highest BCUT2D eigenvalue weighted by molar-refractivity contribution is 6.43. The van der Waals surface area contributed by atoms with Crippen LogP contribution in [0.15, 0.2) is 36.4 Å². The van der Waals surface area contributed by atoms with Crippen LogP contribution >= 0.6 is 23.2 Å². The highest BCUT2D eigenvalue weighted by atomic mass is 35.5. The maximum absolute atomic E-state index is 6.24. The molecule has 0 unspecified atom stereocenters. The second-order valence-electron chi connectivity index (χ2n) is 3.97. The molecule has 2 rings (SSSR count). The first-order valence-corrected chi connectivity index (χ1v) is 6.13. The van der Waals surface area contributed by atoms with Crippen LogP contribution in [-0.2, 0) is 6.54 Å². The van der Waals surface area contributed by atoms with Crippen molar-refractivity contribution < 1.29 is 0 Å². The number of benzene rings is 2. The van der Waals surface area contributed by atoms with Gasteiger partial charge in [0.15, 0.2) is 0 Å². The van der Waals surface area contributed by atoms with Crippen molar-refractivity contribution in [2.24, 2.45) is 5.73 Å². The highest BCUT2D eigenvalue weighted by Crippen LogP contribution is 2.35. The van der Waals surface area contributed by atoms with Crippen LogP contribution in [0, 0.1) is 6.92 Å². The van der Waals surface area contributed by atoms with E-state index < -0.39 is 0 Å². The summed E-state index contributed by atoms with van der Waals surface area (Å²) < 4.78 is 0. The number of nitrogens with two attached hydrogens (primary N) is 1. The molecule has 0 radical (unpaired) electrons. The average Bonchev–Trinajstić information content (AvgIpc) is 2.33. The number of rotatable bonds is 2. The van der Waals surface area contributed by atoms with Gasteiger partial charge in [0.25, 0.3) is 0 Å². The van der Waals surface area contributed by atoms with E-state index in [-0.39, 0.29) is 0 Å². The zero-order valence-corrected chi connectivity index (χ0v) is 11.0. The van der Waals surface area contributed by atoms with Crippen molar-refractivity contribution >= 4 is 23.2 Å². The smallest absolute Gasteiger partial charge is 0.0670 e. The molecule has 88 valence electrons. The van der Waals surface area contributed by atoms with Crippen LogP contribution in [0.2, 0.25) is 10.0 Å². The fourth-order valence-electron chi connectivity index (χ4n) is 1.83. The molecule has 1 nitrogen and oxygen atoms in total. The van der Waals surface area contributed by atoms with Crippen molar-refractivity contribution in [1.82, 2.24) is 0 Å². The van der Waals surface area contributed by atoms with Crippen molar-refractivity contribution in [2.45, 2.75) is 13.5 Å². The topological polar surface area (TPSA) is 26.0 Å².